The van der Waals surface area contributed by atoms with Crippen molar-refractivity contribution in [3.63, 3.8) is 0 Å². The Kier molecular flexibility index (Phi) is 9.16. The minimum Gasteiger partial charge on any atom is -0.467 e. The predicted octanol–water partition coefficient (Wildman–Crippen LogP) is 4.45. The third-order valence-electron chi connectivity index (χ3n) is 4.60. The molecule has 2 aromatic rings. The van der Waals surface area contributed by atoms with Gasteiger partial charge in [-0.1, -0.05) is 19.9 Å². The minimum atomic E-state index is -0.263. The quantitative estimate of drug-likeness (QED) is 0.314. The van der Waals surface area contributed by atoms with Gasteiger partial charge in [0.2, 0.25) is 0 Å². The molecule has 0 atom stereocenters. The SMILES string of the molecule is CCNC(=NCC(C)(C)c1cccs1)NCCc1cc(F)cc2c1OCOC2.I. The van der Waals surface area contributed by atoms with E-state index in [4.69, 9.17) is 14.5 Å². The van der Waals surface area contributed by atoms with Crippen molar-refractivity contribution in [2.24, 2.45) is 4.99 Å². The molecular formula is C21H29FIN3O2S. The molecule has 0 spiro atoms. The van der Waals surface area contributed by atoms with E-state index in [1.165, 1.54) is 17.0 Å². The lowest BCUT2D eigenvalue weighted by molar-refractivity contribution is -0.0172. The summed E-state index contributed by atoms with van der Waals surface area (Å²) in [5, 5.41) is 8.72. The van der Waals surface area contributed by atoms with Crippen LogP contribution in [0.3, 0.4) is 0 Å². The van der Waals surface area contributed by atoms with Crippen LogP contribution in [0.15, 0.2) is 34.6 Å². The van der Waals surface area contributed by atoms with Crippen LogP contribution < -0.4 is 15.4 Å². The van der Waals surface area contributed by atoms with Gasteiger partial charge in [0.15, 0.2) is 12.8 Å². The van der Waals surface area contributed by atoms with Crippen LogP contribution in [-0.4, -0.2) is 32.4 Å². The number of guanidine groups is 1. The highest BCUT2D eigenvalue weighted by molar-refractivity contribution is 14.0. The first-order valence-electron chi connectivity index (χ1n) is 9.57. The molecule has 0 aliphatic carbocycles. The highest BCUT2D eigenvalue weighted by Crippen LogP contribution is 2.30. The molecule has 2 heterocycles. The van der Waals surface area contributed by atoms with Crippen LogP contribution in [-0.2, 0) is 23.2 Å². The van der Waals surface area contributed by atoms with Gasteiger partial charge >= 0.3 is 0 Å². The summed E-state index contributed by atoms with van der Waals surface area (Å²) in [7, 11) is 0. The third kappa shape index (κ3) is 6.55. The molecule has 5 nitrogen and oxygen atoms in total. The smallest absolute Gasteiger partial charge is 0.191 e. The molecule has 0 amide bonds. The van der Waals surface area contributed by atoms with Gasteiger partial charge in [0.25, 0.3) is 0 Å². The fourth-order valence-electron chi connectivity index (χ4n) is 3.12. The highest BCUT2D eigenvalue weighted by atomic mass is 127. The van der Waals surface area contributed by atoms with E-state index in [0.29, 0.717) is 26.1 Å². The molecule has 160 valence electrons. The van der Waals surface area contributed by atoms with Crippen molar-refractivity contribution in [1.82, 2.24) is 10.6 Å². The van der Waals surface area contributed by atoms with Crippen molar-refractivity contribution in [2.45, 2.75) is 39.2 Å². The van der Waals surface area contributed by atoms with Gasteiger partial charge in [0, 0.05) is 28.9 Å². The Morgan fingerprint density at radius 2 is 2.14 bits per heavy atom. The first-order chi connectivity index (χ1) is 13.5. The largest absolute Gasteiger partial charge is 0.467 e. The number of nitrogens with one attached hydrogen (secondary N) is 2. The van der Waals surface area contributed by atoms with Crippen LogP contribution in [0.25, 0.3) is 0 Å². The molecule has 29 heavy (non-hydrogen) atoms. The Morgan fingerprint density at radius 1 is 1.31 bits per heavy atom. The third-order valence-corrected chi connectivity index (χ3v) is 5.84. The lowest BCUT2D eigenvalue weighted by Crippen LogP contribution is -2.39. The Bertz CT molecular complexity index is 813. The number of ether oxygens (including phenoxy) is 2. The summed E-state index contributed by atoms with van der Waals surface area (Å²) in [4.78, 5) is 6.07. The number of hydrogen-bond donors (Lipinski definition) is 2. The van der Waals surface area contributed by atoms with Crippen LogP contribution in [0.1, 0.15) is 36.8 Å². The van der Waals surface area contributed by atoms with Crippen LogP contribution in [0.2, 0.25) is 0 Å². The molecule has 1 aromatic carbocycles. The summed E-state index contributed by atoms with van der Waals surface area (Å²) in [5.41, 5.74) is 1.59. The van der Waals surface area contributed by atoms with Crippen molar-refractivity contribution in [3.05, 3.63) is 51.5 Å². The monoisotopic (exact) mass is 533 g/mol. The summed E-state index contributed by atoms with van der Waals surface area (Å²) in [6, 6.07) is 7.23. The molecule has 8 heteroatoms. The van der Waals surface area contributed by atoms with Crippen LogP contribution in [0.5, 0.6) is 5.75 Å². The van der Waals surface area contributed by atoms with Gasteiger partial charge in [-0.25, -0.2) is 4.39 Å². The summed E-state index contributed by atoms with van der Waals surface area (Å²) in [6.07, 6.45) is 0.638. The fraction of sp³-hybridized carbons (Fsp3) is 0.476. The van der Waals surface area contributed by atoms with Gasteiger partial charge in [0.05, 0.1) is 13.2 Å². The number of benzene rings is 1. The van der Waals surface area contributed by atoms with E-state index in [1.54, 1.807) is 11.3 Å². The van der Waals surface area contributed by atoms with Crippen molar-refractivity contribution in [2.75, 3.05) is 26.4 Å². The number of aliphatic imine (C=N–C) groups is 1. The lowest BCUT2D eigenvalue weighted by atomic mass is 9.92. The Balaban J connectivity index is 0.00000300. The zero-order valence-corrected chi connectivity index (χ0v) is 20.2. The van der Waals surface area contributed by atoms with Gasteiger partial charge in [-0.3, -0.25) is 4.99 Å². The van der Waals surface area contributed by atoms with Crippen LogP contribution in [0, 0.1) is 5.82 Å². The maximum absolute atomic E-state index is 13.9. The van der Waals surface area contributed by atoms with Crippen molar-refractivity contribution < 1.29 is 13.9 Å². The molecule has 0 radical (unpaired) electrons. The van der Waals surface area contributed by atoms with E-state index >= 15 is 0 Å². The minimum absolute atomic E-state index is 0. The van der Waals surface area contributed by atoms with Gasteiger partial charge in [-0.15, -0.1) is 35.3 Å². The molecule has 0 saturated carbocycles. The van der Waals surface area contributed by atoms with Crippen LogP contribution in [0.4, 0.5) is 4.39 Å². The number of thiophene rings is 1. The Hall–Kier alpha value is -1.39. The normalized spacial score (nSPS) is 13.9. The topological polar surface area (TPSA) is 54.9 Å². The molecule has 1 aromatic heterocycles. The van der Waals surface area contributed by atoms with Crippen molar-refractivity contribution >= 4 is 41.3 Å². The van der Waals surface area contributed by atoms with Gasteiger partial charge in [-0.05, 0) is 42.5 Å². The Morgan fingerprint density at radius 3 is 2.86 bits per heavy atom. The van der Waals surface area contributed by atoms with Crippen molar-refractivity contribution in [1.29, 1.82) is 0 Å². The van der Waals surface area contributed by atoms with Gasteiger partial charge < -0.3 is 20.1 Å². The molecule has 0 saturated heterocycles. The molecular weight excluding hydrogens is 504 g/mol. The summed E-state index contributed by atoms with van der Waals surface area (Å²) < 4.78 is 24.7. The number of rotatable bonds is 7. The summed E-state index contributed by atoms with van der Waals surface area (Å²) in [6.45, 7) is 9.12. The molecule has 2 N–H and O–H groups in total. The summed E-state index contributed by atoms with van der Waals surface area (Å²) in [5.74, 6) is 1.25. The van der Waals surface area contributed by atoms with E-state index in [1.807, 2.05) is 6.92 Å². The maximum Gasteiger partial charge on any atom is 0.191 e. The molecule has 3 rings (SSSR count). The second-order valence-electron chi connectivity index (χ2n) is 7.40. The molecule has 1 aliphatic rings. The number of nitrogens with zero attached hydrogens (tertiary/aromatic N) is 1. The first-order valence-corrected chi connectivity index (χ1v) is 10.5. The standard InChI is InChI=1S/C21H28FN3O2S.HI/c1-4-23-20(25-13-21(2,3)18-6-5-9-28-18)24-8-7-15-10-17(22)11-16-12-26-14-27-19(15)16;/h5-6,9-11H,4,7-8,12-14H2,1-3H3,(H2,23,24,25);1H. The number of fused-ring (bicyclic) bond motifs is 1. The highest BCUT2D eigenvalue weighted by Gasteiger charge is 2.21. The number of hydrogen-bond acceptors (Lipinski definition) is 4. The average Bonchev–Trinajstić information content (AvgIpc) is 3.22. The lowest BCUT2D eigenvalue weighted by Gasteiger charge is -2.22. The number of halogens is 2. The molecule has 0 bridgehead atoms. The molecule has 0 unspecified atom stereocenters. The molecule has 1 aliphatic heterocycles. The van der Waals surface area contributed by atoms with E-state index in [0.717, 1.165) is 29.4 Å². The zero-order chi connectivity index (χ0) is 20.0. The van der Waals surface area contributed by atoms with Crippen LogP contribution >= 0.6 is 35.3 Å². The zero-order valence-electron chi connectivity index (χ0n) is 17.1. The van der Waals surface area contributed by atoms with Gasteiger partial charge in [0.1, 0.15) is 11.6 Å². The van der Waals surface area contributed by atoms with E-state index in [-0.39, 0.29) is 42.0 Å². The Labute approximate surface area is 193 Å². The summed E-state index contributed by atoms with van der Waals surface area (Å²) >= 11 is 1.75. The average molecular weight is 533 g/mol. The van der Waals surface area contributed by atoms with Gasteiger partial charge in [-0.2, -0.15) is 0 Å². The van der Waals surface area contributed by atoms with E-state index < -0.39 is 0 Å². The first kappa shape index (κ1) is 23.9. The van der Waals surface area contributed by atoms with Crippen molar-refractivity contribution in [3.8, 4) is 5.75 Å². The van der Waals surface area contributed by atoms with E-state index in [9.17, 15) is 4.39 Å². The maximum atomic E-state index is 13.9. The molecule has 0 fully saturated rings. The van der Waals surface area contributed by atoms with E-state index in [2.05, 4.69) is 42.0 Å². The predicted molar refractivity (Wildman–Crippen MR) is 127 cm³/mol. The second kappa shape index (κ2) is 11.1. The fourth-order valence-corrected chi connectivity index (χ4v) is 3.96. The second-order valence-corrected chi connectivity index (χ2v) is 8.34.